The third-order valence-electron chi connectivity index (χ3n) is 4.75. The van der Waals surface area contributed by atoms with Gasteiger partial charge in [-0.2, -0.15) is 0 Å². The van der Waals surface area contributed by atoms with Gasteiger partial charge in [0, 0.05) is 5.92 Å². The Morgan fingerprint density at radius 3 is 2.79 bits per heavy atom. The number of hydrogen-bond acceptors (Lipinski definition) is 4. The molecule has 2 aliphatic carbocycles. The number of carboxylic acids is 1. The van der Waals surface area contributed by atoms with Crippen molar-refractivity contribution in [3.8, 4) is 0 Å². The van der Waals surface area contributed by atoms with Crippen LogP contribution in [0, 0.1) is 17.3 Å². The van der Waals surface area contributed by atoms with Gasteiger partial charge in [0.1, 0.15) is 0 Å². The largest absolute Gasteiger partial charge is 0.481 e. The van der Waals surface area contributed by atoms with Crippen LogP contribution in [0.3, 0.4) is 0 Å². The molecule has 0 spiro atoms. The lowest BCUT2D eigenvalue weighted by atomic mass is 9.87. The fourth-order valence-corrected chi connectivity index (χ4v) is 3.59. The second-order valence-corrected chi connectivity index (χ2v) is 6.67. The van der Waals surface area contributed by atoms with Gasteiger partial charge in [-0.1, -0.05) is 6.42 Å². The molecular weight excluding hydrogens is 244 g/mol. The zero-order chi connectivity index (χ0) is 13.6. The molecule has 19 heavy (non-hydrogen) atoms. The number of hydrogen-bond donors (Lipinski definition) is 1. The van der Waals surface area contributed by atoms with Crippen LogP contribution < -0.4 is 0 Å². The number of rotatable bonds is 4. The van der Waals surface area contributed by atoms with Crippen molar-refractivity contribution in [2.45, 2.75) is 52.0 Å². The minimum atomic E-state index is -0.845. The standard InChI is InChI=1S/C13H20N4O2/c1-13(2,12(18)19)7-17-11(14-15-16-17)10-6-8-3-4-9(10)5-8/h8-10H,3-7H2,1-2H3,(H,18,19). The van der Waals surface area contributed by atoms with Crippen molar-refractivity contribution in [1.82, 2.24) is 20.2 Å². The van der Waals surface area contributed by atoms with Gasteiger partial charge < -0.3 is 5.11 Å². The Kier molecular flexibility index (Phi) is 2.83. The summed E-state index contributed by atoms with van der Waals surface area (Å²) in [7, 11) is 0. The van der Waals surface area contributed by atoms with Gasteiger partial charge in [-0.25, -0.2) is 4.68 Å². The summed E-state index contributed by atoms with van der Waals surface area (Å²) >= 11 is 0. The van der Waals surface area contributed by atoms with E-state index >= 15 is 0 Å². The molecular formula is C13H20N4O2. The maximum atomic E-state index is 11.2. The summed E-state index contributed by atoms with van der Waals surface area (Å²) in [6.45, 7) is 3.75. The van der Waals surface area contributed by atoms with Crippen molar-refractivity contribution in [3.05, 3.63) is 5.82 Å². The monoisotopic (exact) mass is 264 g/mol. The Bertz CT molecular complexity index is 497. The maximum absolute atomic E-state index is 11.2. The Morgan fingerprint density at radius 2 is 2.21 bits per heavy atom. The number of fused-ring (bicyclic) bond motifs is 2. The van der Waals surface area contributed by atoms with Crippen LogP contribution >= 0.6 is 0 Å². The van der Waals surface area contributed by atoms with Gasteiger partial charge in [-0.15, -0.1) is 5.10 Å². The molecule has 3 rings (SSSR count). The van der Waals surface area contributed by atoms with Crippen LogP contribution in [0.25, 0.3) is 0 Å². The summed E-state index contributed by atoms with van der Waals surface area (Å²) in [4.78, 5) is 11.2. The number of aromatic nitrogens is 4. The molecule has 0 amide bonds. The molecule has 0 radical (unpaired) electrons. The van der Waals surface area contributed by atoms with Gasteiger partial charge in [0.25, 0.3) is 0 Å². The minimum absolute atomic E-state index is 0.332. The van der Waals surface area contributed by atoms with Crippen LogP contribution in [0.15, 0.2) is 0 Å². The molecule has 2 fully saturated rings. The summed E-state index contributed by atoms with van der Waals surface area (Å²) in [5.41, 5.74) is -0.845. The molecule has 2 bridgehead atoms. The van der Waals surface area contributed by atoms with Crippen molar-refractivity contribution < 1.29 is 9.90 Å². The lowest BCUT2D eigenvalue weighted by Gasteiger charge is -2.23. The zero-order valence-electron chi connectivity index (χ0n) is 11.4. The van der Waals surface area contributed by atoms with E-state index in [2.05, 4.69) is 15.5 Å². The highest BCUT2D eigenvalue weighted by Gasteiger charge is 2.43. The highest BCUT2D eigenvalue weighted by molar-refractivity contribution is 5.73. The number of nitrogens with zero attached hydrogens (tertiary/aromatic N) is 4. The predicted octanol–water partition coefficient (Wildman–Crippen LogP) is 1.69. The van der Waals surface area contributed by atoms with Crippen LogP contribution in [0.5, 0.6) is 0 Å². The number of tetrazole rings is 1. The normalized spacial score (nSPS) is 29.9. The van der Waals surface area contributed by atoms with Gasteiger partial charge in [0.15, 0.2) is 5.82 Å². The van der Waals surface area contributed by atoms with Gasteiger partial charge in [0.2, 0.25) is 0 Å². The topological polar surface area (TPSA) is 80.9 Å². The molecule has 104 valence electrons. The SMILES string of the molecule is CC(C)(Cn1nnnc1C1CC2CCC1C2)C(=O)O. The molecule has 2 saturated carbocycles. The van der Waals surface area contributed by atoms with Crippen molar-refractivity contribution in [3.63, 3.8) is 0 Å². The van der Waals surface area contributed by atoms with Crippen LogP contribution in [-0.2, 0) is 11.3 Å². The molecule has 1 heterocycles. The van der Waals surface area contributed by atoms with Crippen molar-refractivity contribution in [2.75, 3.05) is 0 Å². The van der Waals surface area contributed by atoms with Crippen LogP contribution in [0.2, 0.25) is 0 Å². The third-order valence-corrected chi connectivity index (χ3v) is 4.75. The Labute approximate surface area is 112 Å². The maximum Gasteiger partial charge on any atom is 0.310 e. The summed E-state index contributed by atoms with van der Waals surface area (Å²) in [6, 6.07) is 0. The zero-order valence-corrected chi connectivity index (χ0v) is 11.4. The van der Waals surface area contributed by atoms with E-state index in [1.165, 1.54) is 25.7 Å². The molecule has 6 nitrogen and oxygen atoms in total. The molecule has 0 aliphatic heterocycles. The fourth-order valence-electron chi connectivity index (χ4n) is 3.59. The fraction of sp³-hybridized carbons (Fsp3) is 0.846. The average Bonchev–Trinajstić information content (AvgIpc) is 3.02. The van der Waals surface area contributed by atoms with Crippen molar-refractivity contribution in [2.24, 2.45) is 17.3 Å². The third kappa shape index (κ3) is 2.13. The van der Waals surface area contributed by atoms with Crippen LogP contribution in [0.1, 0.15) is 51.3 Å². The smallest absolute Gasteiger partial charge is 0.310 e. The molecule has 1 aromatic rings. The average molecular weight is 264 g/mol. The van der Waals surface area contributed by atoms with E-state index in [1.54, 1.807) is 18.5 Å². The number of aliphatic carboxylic acids is 1. The van der Waals surface area contributed by atoms with Crippen molar-refractivity contribution >= 4 is 5.97 Å². The van der Waals surface area contributed by atoms with Gasteiger partial charge in [-0.3, -0.25) is 4.79 Å². The van der Waals surface area contributed by atoms with Crippen LogP contribution in [0.4, 0.5) is 0 Å². The minimum Gasteiger partial charge on any atom is -0.481 e. The van der Waals surface area contributed by atoms with E-state index in [1.807, 2.05) is 0 Å². The molecule has 2 aliphatic rings. The van der Waals surface area contributed by atoms with E-state index in [4.69, 9.17) is 0 Å². The number of carboxylic acid groups (broad SMARTS) is 1. The van der Waals surface area contributed by atoms with Crippen LogP contribution in [-0.4, -0.2) is 31.3 Å². The summed E-state index contributed by atoms with van der Waals surface area (Å²) in [6.07, 6.45) is 5.06. The number of carbonyl (C=O) groups is 1. The first-order chi connectivity index (χ1) is 8.97. The van der Waals surface area contributed by atoms with E-state index in [-0.39, 0.29) is 0 Å². The first-order valence-electron chi connectivity index (χ1n) is 6.97. The van der Waals surface area contributed by atoms with Gasteiger partial charge in [-0.05, 0) is 55.4 Å². The molecule has 3 atom stereocenters. The van der Waals surface area contributed by atoms with Gasteiger partial charge in [0.05, 0.1) is 12.0 Å². The first-order valence-corrected chi connectivity index (χ1v) is 6.97. The second kappa shape index (κ2) is 4.28. The molecule has 0 saturated heterocycles. The summed E-state index contributed by atoms with van der Waals surface area (Å²) in [5.74, 6) is 2.03. The summed E-state index contributed by atoms with van der Waals surface area (Å²) in [5, 5.41) is 21.2. The molecule has 1 N–H and O–H groups in total. The summed E-state index contributed by atoms with van der Waals surface area (Å²) < 4.78 is 1.71. The highest BCUT2D eigenvalue weighted by Crippen LogP contribution is 2.52. The predicted molar refractivity (Wildman–Crippen MR) is 67.4 cm³/mol. The van der Waals surface area contributed by atoms with E-state index in [0.717, 1.165) is 11.7 Å². The molecule has 6 heteroatoms. The van der Waals surface area contributed by atoms with Crippen molar-refractivity contribution in [1.29, 1.82) is 0 Å². The highest BCUT2D eigenvalue weighted by atomic mass is 16.4. The lowest BCUT2D eigenvalue weighted by molar-refractivity contribution is -0.147. The quantitative estimate of drug-likeness (QED) is 0.895. The Balaban J connectivity index is 1.81. The van der Waals surface area contributed by atoms with E-state index in [9.17, 15) is 9.90 Å². The Morgan fingerprint density at radius 1 is 1.42 bits per heavy atom. The van der Waals surface area contributed by atoms with E-state index < -0.39 is 11.4 Å². The van der Waals surface area contributed by atoms with E-state index in [0.29, 0.717) is 18.4 Å². The molecule has 0 aromatic carbocycles. The second-order valence-electron chi connectivity index (χ2n) is 6.67. The Hall–Kier alpha value is -1.46. The van der Waals surface area contributed by atoms with Gasteiger partial charge >= 0.3 is 5.97 Å². The molecule has 3 unspecified atom stereocenters. The first kappa shape index (κ1) is 12.6. The lowest BCUT2D eigenvalue weighted by Crippen LogP contribution is -2.31. The molecule has 1 aromatic heterocycles.